The van der Waals surface area contributed by atoms with Gasteiger partial charge in [0.1, 0.15) is 24.2 Å². The van der Waals surface area contributed by atoms with E-state index in [-0.39, 0.29) is 24.5 Å². The summed E-state index contributed by atoms with van der Waals surface area (Å²) in [7, 11) is 1.66. The molecule has 3 aromatic carbocycles. The van der Waals surface area contributed by atoms with Gasteiger partial charge in [-0.3, -0.25) is 9.59 Å². The Bertz CT molecular complexity index is 1400. The summed E-state index contributed by atoms with van der Waals surface area (Å²) in [6.07, 6.45) is 1.66. The number of rotatable bonds is 9. The number of fused-ring (bicyclic) bond motifs is 1. The van der Waals surface area contributed by atoms with Crippen molar-refractivity contribution in [2.24, 2.45) is 0 Å². The van der Waals surface area contributed by atoms with Crippen LogP contribution in [0.3, 0.4) is 0 Å². The third-order valence-corrected chi connectivity index (χ3v) is 6.74. The minimum Gasteiger partial charge on any atom is -0.491 e. The largest absolute Gasteiger partial charge is 0.491 e. The summed E-state index contributed by atoms with van der Waals surface area (Å²) in [6.45, 7) is 2.92. The first kappa shape index (κ1) is 24.5. The molecule has 190 valence electrons. The highest BCUT2D eigenvalue weighted by molar-refractivity contribution is 5.82. The lowest BCUT2D eigenvalue weighted by Crippen LogP contribution is -2.44. The molecule has 1 saturated heterocycles. The van der Waals surface area contributed by atoms with Gasteiger partial charge in [0.25, 0.3) is 6.01 Å². The number of methoxy groups -OCH3 is 1. The molecule has 37 heavy (non-hydrogen) atoms. The number of aldehydes is 1. The topological polar surface area (TPSA) is 93.9 Å². The monoisotopic (exact) mass is 499 g/mol. The summed E-state index contributed by atoms with van der Waals surface area (Å²) >= 11 is 0. The summed E-state index contributed by atoms with van der Waals surface area (Å²) in [5.74, 6) is 0.646. The number of amides is 1. The Morgan fingerprint density at radius 1 is 1.16 bits per heavy atom. The predicted molar refractivity (Wildman–Crippen MR) is 140 cm³/mol. The Morgan fingerprint density at radius 2 is 1.97 bits per heavy atom. The SMILES string of the molecule is CO[C@H]1CCN(C(=O)Cc2ccc3nc(Nc4ccccc4C)oc3c2)[C@@H]1COc1ccc(C=O)cc1. The van der Waals surface area contributed by atoms with Gasteiger partial charge in [-0.05, 0) is 66.9 Å². The van der Waals surface area contributed by atoms with E-state index in [1.807, 2.05) is 54.3 Å². The highest BCUT2D eigenvalue weighted by atomic mass is 16.5. The highest BCUT2D eigenvalue weighted by Gasteiger charge is 2.37. The predicted octanol–water partition coefficient (Wildman–Crippen LogP) is 4.93. The average molecular weight is 500 g/mol. The standard InChI is InChI=1S/C29H29N3O5/c1-19-5-3-4-6-23(19)30-29-31-24-12-9-21(15-27(24)37-29)16-28(34)32-14-13-26(35-2)25(32)18-36-22-10-7-20(17-33)8-11-22/h3-12,15,17,25-26H,13-14,16,18H2,1-2H3,(H,30,31)/t25-,26+/m1/s1. The van der Waals surface area contributed by atoms with Crippen LogP contribution in [0, 0.1) is 6.92 Å². The number of nitrogens with one attached hydrogen (secondary N) is 1. The van der Waals surface area contributed by atoms with Gasteiger partial charge in [-0.2, -0.15) is 4.98 Å². The maximum absolute atomic E-state index is 13.3. The molecule has 1 aliphatic rings. The lowest BCUT2D eigenvalue weighted by atomic mass is 10.1. The molecule has 0 saturated carbocycles. The maximum Gasteiger partial charge on any atom is 0.300 e. The quantitative estimate of drug-likeness (QED) is 0.326. The first-order chi connectivity index (χ1) is 18.0. The third kappa shape index (κ3) is 5.49. The van der Waals surface area contributed by atoms with Crippen molar-refractivity contribution < 1.29 is 23.5 Å². The molecule has 8 nitrogen and oxygen atoms in total. The van der Waals surface area contributed by atoms with E-state index in [2.05, 4.69) is 10.3 Å². The number of likely N-dealkylation sites (tertiary alicyclic amines) is 1. The van der Waals surface area contributed by atoms with Gasteiger partial charge in [0.05, 0.1) is 18.6 Å². The molecule has 2 atom stereocenters. The molecule has 0 bridgehead atoms. The highest BCUT2D eigenvalue weighted by Crippen LogP contribution is 2.27. The Hall–Kier alpha value is -4.17. The molecule has 0 spiro atoms. The number of carbonyl (C=O) groups is 2. The van der Waals surface area contributed by atoms with E-state index >= 15 is 0 Å². The zero-order chi connectivity index (χ0) is 25.8. The Morgan fingerprint density at radius 3 is 2.73 bits per heavy atom. The fourth-order valence-corrected chi connectivity index (χ4v) is 4.67. The number of carbonyl (C=O) groups excluding carboxylic acids is 2. The van der Waals surface area contributed by atoms with Gasteiger partial charge in [-0.15, -0.1) is 0 Å². The van der Waals surface area contributed by atoms with Crippen LogP contribution in [0.2, 0.25) is 0 Å². The van der Waals surface area contributed by atoms with Gasteiger partial charge in [0, 0.05) is 24.9 Å². The van der Waals surface area contributed by atoms with E-state index in [0.717, 1.165) is 35.0 Å². The van der Waals surface area contributed by atoms with Crippen LogP contribution < -0.4 is 10.1 Å². The van der Waals surface area contributed by atoms with Crippen molar-refractivity contribution in [3.8, 4) is 5.75 Å². The van der Waals surface area contributed by atoms with Gasteiger partial charge in [0.2, 0.25) is 5.91 Å². The van der Waals surface area contributed by atoms with Crippen molar-refractivity contribution in [1.29, 1.82) is 0 Å². The molecule has 2 heterocycles. The van der Waals surface area contributed by atoms with Crippen molar-refractivity contribution in [1.82, 2.24) is 9.88 Å². The fraction of sp³-hybridized carbons (Fsp3) is 0.276. The number of oxazole rings is 1. The maximum atomic E-state index is 13.3. The van der Waals surface area contributed by atoms with Gasteiger partial charge >= 0.3 is 0 Å². The molecule has 1 aliphatic heterocycles. The molecular weight excluding hydrogens is 470 g/mol. The number of aromatic nitrogens is 1. The minimum absolute atomic E-state index is 0.00146. The van der Waals surface area contributed by atoms with Gasteiger partial charge in [-0.1, -0.05) is 24.3 Å². The summed E-state index contributed by atoms with van der Waals surface area (Å²) in [6, 6.07) is 20.7. The van der Waals surface area contributed by atoms with Crippen molar-refractivity contribution in [3.05, 3.63) is 83.4 Å². The molecule has 0 aliphatic carbocycles. The van der Waals surface area contributed by atoms with E-state index in [1.54, 1.807) is 31.4 Å². The van der Waals surface area contributed by atoms with E-state index in [0.29, 0.717) is 36.1 Å². The number of hydrogen-bond donors (Lipinski definition) is 1. The zero-order valence-corrected chi connectivity index (χ0v) is 20.8. The number of hydrogen-bond acceptors (Lipinski definition) is 7. The van der Waals surface area contributed by atoms with Crippen molar-refractivity contribution in [3.63, 3.8) is 0 Å². The van der Waals surface area contributed by atoms with Crippen LogP contribution in [-0.4, -0.2) is 54.5 Å². The van der Waals surface area contributed by atoms with Crippen LogP contribution in [0.1, 0.15) is 27.9 Å². The normalized spacial score (nSPS) is 17.2. The summed E-state index contributed by atoms with van der Waals surface area (Å²) in [4.78, 5) is 30.6. The second-order valence-corrected chi connectivity index (χ2v) is 9.15. The van der Waals surface area contributed by atoms with Crippen LogP contribution >= 0.6 is 0 Å². The van der Waals surface area contributed by atoms with Crippen LogP contribution in [0.15, 0.2) is 71.1 Å². The van der Waals surface area contributed by atoms with E-state index < -0.39 is 0 Å². The second kappa shape index (κ2) is 10.8. The van der Waals surface area contributed by atoms with E-state index in [1.165, 1.54) is 0 Å². The molecule has 1 aromatic heterocycles. The first-order valence-electron chi connectivity index (χ1n) is 12.3. The van der Waals surface area contributed by atoms with Crippen LogP contribution in [-0.2, 0) is 16.0 Å². The smallest absolute Gasteiger partial charge is 0.300 e. The number of benzene rings is 3. The second-order valence-electron chi connectivity index (χ2n) is 9.15. The lowest BCUT2D eigenvalue weighted by molar-refractivity contribution is -0.133. The molecule has 4 aromatic rings. The third-order valence-electron chi connectivity index (χ3n) is 6.74. The van der Waals surface area contributed by atoms with E-state index in [4.69, 9.17) is 13.9 Å². The molecule has 1 amide bonds. The number of para-hydroxylation sites is 1. The number of anilines is 2. The summed E-state index contributed by atoms with van der Waals surface area (Å²) in [5.41, 5.74) is 4.80. The lowest BCUT2D eigenvalue weighted by Gasteiger charge is -2.27. The molecule has 1 N–H and O–H groups in total. The first-order valence-corrected chi connectivity index (χ1v) is 12.3. The van der Waals surface area contributed by atoms with Crippen molar-refractivity contribution in [2.75, 3.05) is 25.6 Å². The zero-order valence-electron chi connectivity index (χ0n) is 20.8. The molecule has 5 rings (SSSR count). The summed E-state index contributed by atoms with van der Waals surface area (Å²) < 4.78 is 17.5. The van der Waals surface area contributed by atoms with Crippen LogP contribution in [0.5, 0.6) is 5.75 Å². The van der Waals surface area contributed by atoms with Crippen LogP contribution in [0.4, 0.5) is 11.7 Å². The number of ether oxygens (including phenoxy) is 2. The minimum atomic E-state index is -0.206. The Labute approximate surface area is 215 Å². The molecular formula is C29H29N3O5. The summed E-state index contributed by atoms with van der Waals surface area (Å²) in [5, 5.41) is 3.22. The van der Waals surface area contributed by atoms with Crippen LogP contribution in [0.25, 0.3) is 11.1 Å². The Kier molecular flexibility index (Phi) is 7.18. The van der Waals surface area contributed by atoms with Gasteiger partial charge in [0.15, 0.2) is 5.58 Å². The van der Waals surface area contributed by atoms with Crippen molar-refractivity contribution >= 4 is 35.0 Å². The molecule has 0 unspecified atom stereocenters. The molecule has 8 heteroatoms. The van der Waals surface area contributed by atoms with Gasteiger partial charge < -0.3 is 24.1 Å². The Balaban J connectivity index is 1.26. The fourth-order valence-electron chi connectivity index (χ4n) is 4.67. The van der Waals surface area contributed by atoms with E-state index in [9.17, 15) is 9.59 Å². The average Bonchev–Trinajstić information content (AvgIpc) is 3.52. The van der Waals surface area contributed by atoms with Gasteiger partial charge in [-0.25, -0.2) is 0 Å². The number of aryl methyl sites for hydroxylation is 1. The molecule has 1 fully saturated rings. The molecule has 0 radical (unpaired) electrons. The van der Waals surface area contributed by atoms with Crippen molar-refractivity contribution in [2.45, 2.75) is 31.9 Å². The number of nitrogens with zero attached hydrogens (tertiary/aromatic N) is 2.